The third kappa shape index (κ3) is 3.94. The molecule has 2 aliphatic rings. The zero-order valence-corrected chi connectivity index (χ0v) is 12.2. The zero-order valence-electron chi connectivity index (χ0n) is 12.2. The van der Waals surface area contributed by atoms with Gasteiger partial charge < -0.3 is 10.1 Å². The van der Waals surface area contributed by atoms with Crippen LogP contribution in [0.15, 0.2) is 0 Å². The van der Waals surface area contributed by atoms with Crippen LogP contribution in [0.3, 0.4) is 0 Å². The van der Waals surface area contributed by atoms with Gasteiger partial charge in [0.2, 0.25) is 0 Å². The largest absolute Gasteiger partial charge is 0.385 e. The van der Waals surface area contributed by atoms with Gasteiger partial charge in [-0.1, -0.05) is 19.3 Å². The lowest BCUT2D eigenvalue weighted by Gasteiger charge is -2.42. The molecule has 106 valence electrons. The Morgan fingerprint density at radius 3 is 2.72 bits per heavy atom. The molecular weight excluding hydrogens is 224 g/mol. The summed E-state index contributed by atoms with van der Waals surface area (Å²) in [6.45, 7) is 6.84. The molecule has 0 aromatic heterocycles. The summed E-state index contributed by atoms with van der Waals surface area (Å²) in [4.78, 5) is 2.66. The maximum absolute atomic E-state index is 5.17. The quantitative estimate of drug-likeness (QED) is 0.762. The molecular formula is C15H30N2O. The van der Waals surface area contributed by atoms with Gasteiger partial charge in [0, 0.05) is 45.4 Å². The van der Waals surface area contributed by atoms with E-state index in [0.29, 0.717) is 6.04 Å². The Morgan fingerprint density at radius 1 is 1.22 bits per heavy atom. The molecule has 2 unspecified atom stereocenters. The molecule has 1 saturated carbocycles. The third-order valence-electron chi connectivity index (χ3n) is 4.74. The van der Waals surface area contributed by atoms with E-state index in [1.54, 1.807) is 7.11 Å². The van der Waals surface area contributed by atoms with E-state index >= 15 is 0 Å². The van der Waals surface area contributed by atoms with Gasteiger partial charge in [-0.25, -0.2) is 0 Å². The number of rotatable bonds is 5. The first-order valence-corrected chi connectivity index (χ1v) is 7.77. The normalized spacial score (nSPS) is 31.7. The van der Waals surface area contributed by atoms with Gasteiger partial charge in [-0.2, -0.15) is 0 Å². The molecule has 1 heterocycles. The van der Waals surface area contributed by atoms with Crippen molar-refractivity contribution in [3.8, 4) is 0 Å². The van der Waals surface area contributed by atoms with E-state index in [9.17, 15) is 0 Å². The second-order valence-electron chi connectivity index (χ2n) is 6.10. The van der Waals surface area contributed by atoms with Crippen molar-refractivity contribution in [2.75, 3.05) is 33.4 Å². The number of hydrogen-bond donors (Lipinski definition) is 1. The Morgan fingerprint density at radius 2 is 2.00 bits per heavy atom. The molecule has 3 heteroatoms. The molecule has 0 spiro atoms. The fraction of sp³-hybridized carbons (Fsp3) is 1.00. The van der Waals surface area contributed by atoms with Crippen LogP contribution in [0.25, 0.3) is 0 Å². The van der Waals surface area contributed by atoms with E-state index in [1.807, 2.05) is 0 Å². The fourth-order valence-electron chi connectivity index (χ4n) is 3.52. The lowest BCUT2D eigenvalue weighted by atomic mass is 9.82. The Labute approximate surface area is 112 Å². The minimum Gasteiger partial charge on any atom is -0.385 e. The number of nitrogens with one attached hydrogen (secondary N) is 1. The van der Waals surface area contributed by atoms with E-state index in [2.05, 4.69) is 17.1 Å². The van der Waals surface area contributed by atoms with Crippen molar-refractivity contribution in [2.24, 2.45) is 5.92 Å². The predicted octanol–water partition coefficient (Wildman–Crippen LogP) is 2.27. The van der Waals surface area contributed by atoms with Crippen LogP contribution in [0.1, 0.15) is 45.4 Å². The molecule has 1 aliphatic heterocycles. The summed E-state index contributed by atoms with van der Waals surface area (Å²) in [5.41, 5.74) is 0. The fourth-order valence-corrected chi connectivity index (χ4v) is 3.52. The van der Waals surface area contributed by atoms with E-state index in [0.717, 1.165) is 31.5 Å². The molecule has 0 amide bonds. The van der Waals surface area contributed by atoms with Gasteiger partial charge in [-0.15, -0.1) is 0 Å². The lowest BCUT2D eigenvalue weighted by molar-refractivity contribution is 0.0919. The van der Waals surface area contributed by atoms with Gasteiger partial charge in [0.25, 0.3) is 0 Å². The minimum atomic E-state index is 0.682. The lowest BCUT2D eigenvalue weighted by Crippen LogP contribution is -2.58. The maximum atomic E-state index is 5.17. The Hall–Kier alpha value is -0.120. The van der Waals surface area contributed by atoms with Gasteiger partial charge >= 0.3 is 0 Å². The van der Waals surface area contributed by atoms with Crippen LogP contribution in [0, 0.1) is 5.92 Å². The summed E-state index contributed by atoms with van der Waals surface area (Å²) in [5.74, 6) is 0.927. The molecule has 2 atom stereocenters. The summed E-state index contributed by atoms with van der Waals surface area (Å²) in [6, 6.07) is 1.42. The third-order valence-corrected chi connectivity index (χ3v) is 4.74. The first kappa shape index (κ1) is 14.3. The standard InChI is InChI=1S/C15H30N2O/c1-13-11-16-15(14-7-4-3-5-8-14)12-17(13)9-6-10-18-2/h13-16H,3-12H2,1-2H3. The second kappa shape index (κ2) is 7.46. The van der Waals surface area contributed by atoms with E-state index in [1.165, 1.54) is 45.2 Å². The van der Waals surface area contributed by atoms with Gasteiger partial charge in [0.05, 0.1) is 0 Å². The summed E-state index contributed by atoms with van der Waals surface area (Å²) in [6.07, 6.45) is 8.40. The average molecular weight is 254 g/mol. The van der Waals surface area contributed by atoms with Crippen LogP contribution in [0.4, 0.5) is 0 Å². The number of ether oxygens (including phenoxy) is 1. The van der Waals surface area contributed by atoms with Crippen LogP contribution in [-0.4, -0.2) is 50.3 Å². The van der Waals surface area contributed by atoms with Gasteiger partial charge in [-0.3, -0.25) is 4.90 Å². The van der Waals surface area contributed by atoms with Crippen LogP contribution < -0.4 is 5.32 Å². The molecule has 1 saturated heterocycles. The molecule has 2 fully saturated rings. The minimum absolute atomic E-state index is 0.682. The highest BCUT2D eigenvalue weighted by Crippen LogP contribution is 2.28. The van der Waals surface area contributed by atoms with Crippen LogP contribution in [0.5, 0.6) is 0 Å². The highest BCUT2D eigenvalue weighted by atomic mass is 16.5. The highest BCUT2D eigenvalue weighted by Gasteiger charge is 2.30. The molecule has 0 radical (unpaired) electrons. The molecule has 3 nitrogen and oxygen atoms in total. The molecule has 0 bridgehead atoms. The van der Waals surface area contributed by atoms with Crippen molar-refractivity contribution in [3.63, 3.8) is 0 Å². The van der Waals surface area contributed by atoms with Crippen LogP contribution in [0.2, 0.25) is 0 Å². The highest BCUT2D eigenvalue weighted by molar-refractivity contribution is 4.89. The number of methoxy groups -OCH3 is 1. The number of nitrogens with zero attached hydrogens (tertiary/aromatic N) is 1. The van der Waals surface area contributed by atoms with Gasteiger partial charge in [0.15, 0.2) is 0 Å². The van der Waals surface area contributed by atoms with E-state index in [4.69, 9.17) is 4.74 Å². The number of piperazine rings is 1. The van der Waals surface area contributed by atoms with Crippen molar-refractivity contribution in [1.29, 1.82) is 0 Å². The van der Waals surface area contributed by atoms with Crippen molar-refractivity contribution in [1.82, 2.24) is 10.2 Å². The Kier molecular flexibility index (Phi) is 5.93. The van der Waals surface area contributed by atoms with Crippen molar-refractivity contribution in [2.45, 2.75) is 57.5 Å². The van der Waals surface area contributed by atoms with E-state index < -0.39 is 0 Å². The summed E-state index contributed by atoms with van der Waals surface area (Å²) in [7, 11) is 1.80. The average Bonchev–Trinajstić information content (AvgIpc) is 2.42. The topological polar surface area (TPSA) is 24.5 Å². The van der Waals surface area contributed by atoms with Crippen molar-refractivity contribution >= 4 is 0 Å². The first-order chi connectivity index (χ1) is 8.81. The molecule has 1 N–H and O–H groups in total. The first-order valence-electron chi connectivity index (χ1n) is 7.77. The molecule has 0 aromatic rings. The molecule has 1 aliphatic carbocycles. The van der Waals surface area contributed by atoms with Crippen LogP contribution in [-0.2, 0) is 4.74 Å². The smallest absolute Gasteiger partial charge is 0.0474 e. The van der Waals surface area contributed by atoms with Gasteiger partial charge in [-0.05, 0) is 32.1 Å². The summed E-state index contributed by atoms with van der Waals surface area (Å²) < 4.78 is 5.17. The zero-order chi connectivity index (χ0) is 12.8. The van der Waals surface area contributed by atoms with Crippen LogP contribution >= 0.6 is 0 Å². The monoisotopic (exact) mass is 254 g/mol. The predicted molar refractivity (Wildman–Crippen MR) is 75.9 cm³/mol. The SMILES string of the molecule is COCCCN1CC(C2CCCCC2)NCC1C. The Balaban J connectivity index is 1.79. The van der Waals surface area contributed by atoms with Crippen molar-refractivity contribution < 1.29 is 4.74 Å². The summed E-state index contributed by atoms with van der Waals surface area (Å²) in [5, 5.41) is 3.79. The van der Waals surface area contributed by atoms with E-state index in [-0.39, 0.29) is 0 Å². The second-order valence-corrected chi connectivity index (χ2v) is 6.10. The molecule has 0 aromatic carbocycles. The molecule has 2 rings (SSSR count). The van der Waals surface area contributed by atoms with Crippen molar-refractivity contribution in [3.05, 3.63) is 0 Å². The molecule has 18 heavy (non-hydrogen) atoms. The summed E-state index contributed by atoms with van der Waals surface area (Å²) >= 11 is 0. The Bertz CT molecular complexity index is 229. The maximum Gasteiger partial charge on any atom is 0.0474 e. The number of hydrogen-bond acceptors (Lipinski definition) is 3. The van der Waals surface area contributed by atoms with Gasteiger partial charge in [0.1, 0.15) is 0 Å².